The maximum absolute atomic E-state index is 5.98. The lowest BCUT2D eigenvalue weighted by atomic mass is 10.3. The second kappa shape index (κ2) is 5.98. The molecule has 0 atom stereocenters. The normalized spacial score (nSPS) is 11.2. The van der Waals surface area contributed by atoms with E-state index in [-0.39, 0.29) is 0 Å². The number of hydrogen-bond donors (Lipinski definition) is 0. The first-order valence-electron chi connectivity index (χ1n) is 5.46. The van der Waals surface area contributed by atoms with Crippen LogP contribution in [0.4, 0.5) is 0 Å². The van der Waals surface area contributed by atoms with Gasteiger partial charge in [-0.3, -0.25) is 0 Å². The van der Waals surface area contributed by atoms with E-state index >= 15 is 0 Å². The molecular formula is C12H14Cl2N2S. The summed E-state index contributed by atoms with van der Waals surface area (Å²) in [5.41, 5.74) is 2.10. The zero-order valence-electron chi connectivity index (χ0n) is 9.62. The highest BCUT2D eigenvalue weighted by atomic mass is 35.5. The van der Waals surface area contributed by atoms with Crippen molar-refractivity contribution in [2.45, 2.75) is 13.0 Å². The fourth-order valence-electron chi connectivity index (χ4n) is 1.86. The Hall–Kier alpha value is -0.380. The van der Waals surface area contributed by atoms with Crippen molar-refractivity contribution in [2.24, 2.45) is 0 Å². The third kappa shape index (κ3) is 2.90. The second-order valence-corrected chi connectivity index (χ2v) is 5.54. The predicted molar refractivity (Wildman–Crippen MR) is 77.5 cm³/mol. The molecule has 17 heavy (non-hydrogen) atoms. The van der Waals surface area contributed by atoms with E-state index in [0.717, 1.165) is 40.6 Å². The van der Waals surface area contributed by atoms with Gasteiger partial charge in [-0.25, -0.2) is 4.98 Å². The van der Waals surface area contributed by atoms with Crippen LogP contribution in [0.3, 0.4) is 0 Å². The molecule has 0 saturated heterocycles. The van der Waals surface area contributed by atoms with Gasteiger partial charge in [-0.2, -0.15) is 11.8 Å². The molecule has 0 radical (unpaired) electrons. The topological polar surface area (TPSA) is 17.8 Å². The number of nitrogens with zero attached hydrogens (tertiary/aromatic N) is 2. The zero-order valence-corrected chi connectivity index (χ0v) is 11.9. The molecule has 0 amide bonds. The van der Waals surface area contributed by atoms with E-state index < -0.39 is 0 Å². The molecule has 5 heteroatoms. The van der Waals surface area contributed by atoms with Crippen LogP contribution in [0.1, 0.15) is 5.82 Å². The fraction of sp³-hybridized carbons (Fsp3) is 0.417. The lowest BCUT2D eigenvalue weighted by Gasteiger charge is -2.07. The third-order valence-corrected chi connectivity index (χ3v) is 3.64. The summed E-state index contributed by atoms with van der Waals surface area (Å²) >= 11 is 13.6. The molecule has 1 aromatic carbocycles. The highest BCUT2D eigenvalue weighted by Gasteiger charge is 2.10. The van der Waals surface area contributed by atoms with Gasteiger partial charge in [0.2, 0.25) is 0 Å². The van der Waals surface area contributed by atoms with Crippen LogP contribution in [-0.4, -0.2) is 27.4 Å². The van der Waals surface area contributed by atoms with Gasteiger partial charge < -0.3 is 4.57 Å². The molecule has 0 unspecified atom stereocenters. The Morgan fingerprint density at radius 1 is 1.41 bits per heavy atom. The van der Waals surface area contributed by atoms with Crippen LogP contribution < -0.4 is 0 Å². The van der Waals surface area contributed by atoms with Crippen molar-refractivity contribution in [2.75, 3.05) is 17.9 Å². The number of hydrogen-bond acceptors (Lipinski definition) is 2. The molecule has 0 aliphatic rings. The third-order valence-electron chi connectivity index (χ3n) is 2.63. The molecule has 0 bridgehead atoms. The van der Waals surface area contributed by atoms with Gasteiger partial charge in [-0.15, -0.1) is 11.6 Å². The summed E-state index contributed by atoms with van der Waals surface area (Å²) in [5.74, 6) is 2.71. The van der Waals surface area contributed by atoms with E-state index in [4.69, 9.17) is 23.2 Å². The van der Waals surface area contributed by atoms with Gasteiger partial charge in [-0.05, 0) is 24.5 Å². The van der Waals surface area contributed by atoms with Crippen LogP contribution in [0.25, 0.3) is 11.0 Å². The Bertz CT molecular complexity index is 510. The van der Waals surface area contributed by atoms with Crippen molar-refractivity contribution in [1.82, 2.24) is 9.55 Å². The van der Waals surface area contributed by atoms with Crippen LogP contribution >= 0.6 is 35.0 Å². The number of imidazole rings is 1. The molecule has 0 N–H and O–H groups in total. The van der Waals surface area contributed by atoms with Gasteiger partial charge in [0.25, 0.3) is 0 Å². The highest BCUT2D eigenvalue weighted by molar-refractivity contribution is 7.98. The lowest BCUT2D eigenvalue weighted by Crippen LogP contribution is -2.06. The first kappa shape index (κ1) is 13.1. The monoisotopic (exact) mass is 288 g/mol. The number of halogens is 2. The van der Waals surface area contributed by atoms with E-state index in [9.17, 15) is 0 Å². The smallest absolute Gasteiger partial charge is 0.111 e. The molecule has 2 rings (SSSR count). The minimum atomic E-state index is 0.594. The Morgan fingerprint density at radius 3 is 2.94 bits per heavy atom. The Labute approximate surface area is 115 Å². The molecule has 0 aliphatic heterocycles. The maximum atomic E-state index is 5.98. The molecule has 2 aromatic rings. The van der Waals surface area contributed by atoms with E-state index in [0.29, 0.717) is 5.88 Å². The first-order valence-corrected chi connectivity index (χ1v) is 7.76. The Morgan fingerprint density at radius 2 is 2.24 bits per heavy atom. The molecule has 92 valence electrons. The van der Waals surface area contributed by atoms with Crippen LogP contribution in [0.2, 0.25) is 5.02 Å². The van der Waals surface area contributed by atoms with Gasteiger partial charge in [0, 0.05) is 29.6 Å². The van der Waals surface area contributed by atoms with Gasteiger partial charge in [0.1, 0.15) is 5.82 Å². The summed E-state index contributed by atoms with van der Waals surface area (Å²) < 4.78 is 2.24. The predicted octanol–water partition coefficient (Wildman–Crippen LogP) is 3.83. The molecule has 2 nitrogen and oxygen atoms in total. The van der Waals surface area contributed by atoms with E-state index in [1.54, 1.807) is 0 Å². The number of thioether (sulfide) groups is 1. The van der Waals surface area contributed by atoms with Crippen LogP contribution in [-0.2, 0) is 13.0 Å². The van der Waals surface area contributed by atoms with Crippen molar-refractivity contribution >= 4 is 46.0 Å². The zero-order chi connectivity index (χ0) is 12.3. The van der Waals surface area contributed by atoms with E-state index in [1.807, 2.05) is 30.0 Å². The number of fused-ring (bicyclic) bond motifs is 1. The first-order chi connectivity index (χ1) is 8.26. The van der Waals surface area contributed by atoms with Crippen molar-refractivity contribution in [3.05, 3.63) is 29.0 Å². The number of aromatic nitrogens is 2. The highest BCUT2D eigenvalue weighted by Crippen LogP contribution is 2.21. The molecule has 0 saturated carbocycles. The minimum Gasteiger partial charge on any atom is -0.327 e. The summed E-state index contributed by atoms with van der Waals surface area (Å²) in [6.07, 6.45) is 2.90. The molecular weight excluding hydrogens is 275 g/mol. The molecule has 0 aliphatic carbocycles. The Balaban J connectivity index is 2.46. The van der Waals surface area contributed by atoms with Crippen LogP contribution in [0, 0.1) is 0 Å². The number of alkyl halides is 1. The second-order valence-electron chi connectivity index (χ2n) is 3.74. The van der Waals surface area contributed by atoms with Crippen molar-refractivity contribution < 1.29 is 0 Å². The lowest BCUT2D eigenvalue weighted by molar-refractivity contribution is 0.734. The van der Waals surface area contributed by atoms with Gasteiger partial charge in [-0.1, -0.05) is 11.6 Å². The van der Waals surface area contributed by atoms with E-state index in [1.165, 1.54) is 0 Å². The Kier molecular flexibility index (Phi) is 4.60. The van der Waals surface area contributed by atoms with Crippen molar-refractivity contribution in [3.63, 3.8) is 0 Å². The molecule has 1 heterocycles. The largest absolute Gasteiger partial charge is 0.327 e. The van der Waals surface area contributed by atoms with Gasteiger partial charge in [0.05, 0.1) is 11.0 Å². The summed E-state index contributed by atoms with van der Waals surface area (Å²) in [6.45, 7) is 0.964. The van der Waals surface area contributed by atoms with Crippen LogP contribution in [0.5, 0.6) is 0 Å². The van der Waals surface area contributed by atoms with Gasteiger partial charge >= 0.3 is 0 Å². The average molecular weight is 289 g/mol. The summed E-state index contributed by atoms with van der Waals surface area (Å²) in [4.78, 5) is 4.60. The number of rotatable bonds is 5. The molecule has 0 spiro atoms. The summed E-state index contributed by atoms with van der Waals surface area (Å²) in [6, 6.07) is 5.85. The summed E-state index contributed by atoms with van der Waals surface area (Å²) in [7, 11) is 0. The minimum absolute atomic E-state index is 0.594. The summed E-state index contributed by atoms with van der Waals surface area (Å²) in [5, 5.41) is 0.726. The molecule has 0 fully saturated rings. The van der Waals surface area contributed by atoms with Crippen molar-refractivity contribution in [1.29, 1.82) is 0 Å². The van der Waals surface area contributed by atoms with E-state index in [2.05, 4.69) is 15.8 Å². The van der Waals surface area contributed by atoms with Crippen LogP contribution in [0.15, 0.2) is 18.2 Å². The van der Waals surface area contributed by atoms with Gasteiger partial charge in [0.15, 0.2) is 0 Å². The average Bonchev–Trinajstić information content (AvgIpc) is 2.63. The fourth-order valence-corrected chi connectivity index (χ4v) is 2.56. The standard InChI is InChI=1S/C12H14Cl2N2S/c1-17-7-6-16-11-3-2-9(14)8-10(11)15-12(16)4-5-13/h2-3,8H,4-7H2,1H3. The maximum Gasteiger partial charge on any atom is 0.111 e. The van der Waals surface area contributed by atoms with Crippen molar-refractivity contribution in [3.8, 4) is 0 Å². The quantitative estimate of drug-likeness (QED) is 0.778. The number of benzene rings is 1. The SMILES string of the molecule is CSCCn1c(CCCl)nc2cc(Cl)ccc21. The number of aryl methyl sites for hydroxylation is 2. The molecule has 1 aromatic heterocycles.